The molecule has 2 N–H and O–H groups in total. The van der Waals surface area contributed by atoms with Gasteiger partial charge in [-0.1, -0.05) is 54.6 Å². The topological polar surface area (TPSA) is 75.3 Å². The second-order valence-corrected chi connectivity index (χ2v) is 8.59. The lowest BCUT2D eigenvalue weighted by molar-refractivity contribution is -0.113. The van der Waals surface area contributed by atoms with Gasteiger partial charge in [-0.15, -0.1) is 0 Å². The predicted molar refractivity (Wildman–Crippen MR) is 139 cm³/mol. The van der Waals surface area contributed by atoms with E-state index in [4.69, 9.17) is 0 Å². The molecule has 1 saturated carbocycles. The van der Waals surface area contributed by atoms with Crippen molar-refractivity contribution >= 4 is 29.7 Å². The van der Waals surface area contributed by atoms with Crippen molar-refractivity contribution in [2.75, 3.05) is 14.1 Å². The Bertz CT molecular complexity index is 1210. The van der Waals surface area contributed by atoms with Gasteiger partial charge in [0.15, 0.2) is 5.78 Å². The summed E-state index contributed by atoms with van der Waals surface area (Å²) in [5.74, 6) is -0.0749. The third kappa shape index (κ3) is 5.64. The highest BCUT2D eigenvalue weighted by Crippen LogP contribution is 2.38. The van der Waals surface area contributed by atoms with Crippen LogP contribution in [0.5, 0.6) is 0 Å². The molecule has 5 nitrogen and oxygen atoms in total. The minimum absolute atomic E-state index is 0.0305. The van der Waals surface area contributed by atoms with Crippen molar-refractivity contribution in [3.05, 3.63) is 118 Å². The van der Waals surface area contributed by atoms with E-state index >= 15 is 0 Å². The summed E-state index contributed by atoms with van der Waals surface area (Å²) in [6.45, 7) is 0. The SMILES string of the molecule is CNC(=O)c1ccc(/C=C2/CC(c3ccccc3)C/C(=C\c3ccc(C(=O)NC)cc3)C2=O)cc1. The maximum Gasteiger partial charge on any atom is 0.251 e. The first-order valence-electron chi connectivity index (χ1n) is 11.6. The number of allylic oxidation sites excluding steroid dienone is 2. The van der Waals surface area contributed by atoms with E-state index in [1.54, 1.807) is 38.4 Å². The number of carbonyl (C=O) groups is 3. The van der Waals surface area contributed by atoms with Gasteiger partial charge in [0, 0.05) is 36.4 Å². The van der Waals surface area contributed by atoms with Gasteiger partial charge < -0.3 is 10.6 Å². The van der Waals surface area contributed by atoms with Crippen LogP contribution in [0.3, 0.4) is 0 Å². The number of hydrogen-bond acceptors (Lipinski definition) is 3. The Morgan fingerprint density at radius 2 is 1.11 bits per heavy atom. The van der Waals surface area contributed by atoms with Crippen molar-refractivity contribution in [2.45, 2.75) is 18.8 Å². The van der Waals surface area contributed by atoms with Crippen LogP contribution < -0.4 is 10.6 Å². The molecule has 0 aliphatic heterocycles. The van der Waals surface area contributed by atoms with E-state index in [2.05, 4.69) is 22.8 Å². The fourth-order valence-corrected chi connectivity index (χ4v) is 4.36. The van der Waals surface area contributed by atoms with Gasteiger partial charge in [0.1, 0.15) is 0 Å². The zero-order valence-corrected chi connectivity index (χ0v) is 19.9. The molecule has 0 saturated heterocycles. The molecule has 1 unspecified atom stereocenters. The van der Waals surface area contributed by atoms with Crippen LogP contribution in [0.1, 0.15) is 56.2 Å². The smallest absolute Gasteiger partial charge is 0.251 e. The normalized spacial score (nSPS) is 17.9. The number of nitrogens with one attached hydrogen (secondary N) is 2. The number of ketones is 1. The summed E-state index contributed by atoms with van der Waals surface area (Å²) < 4.78 is 0. The third-order valence-corrected chi connectivity index (χ3v) is 6.27. The Kier molecular flexibility index (Phi) is 7.36. The molecular formula is C30H28N2O3. The highest BCUT2D eigenvalue weighted by molar-refractivity contribution is 6.14. The molecule has 0 spiro atoms. The summed E-state index contributed by atoms with van der Waals surface area (Å²) in [5, 5.41) is 5.23. The number of benzene rings is 3. The molecule has 3 aromatic carbocycles. The highest BCUT2D eigenvalue weighted by Gasteiger charge is 2.28. The van der Waals surface area contributed by atoms with Crippen LogP contribution in [0.25, 0.3) is 12.2 Å². The Hall–Kier alpha value is -4.25. The lowest BCUT2D eigenvalue weighted by Crippen LogP contribution is -2.19. The van der Waals surface area contributed by atoms with Crippen LogP contribution in [0.4, 0.5) is 0 Å². The van der Waals surface area contributed by atoms with Crippen molar-refractivity contribution in [1.29, 1.82) is 0 Å². The van der Waals surface area contributed by atoms with Gasteiger partial charge in [-0.2, -0.15) is 0 Å². The number of Topliss-reactive ketones (excluding diaryl/α,β-unsaturated/α-hetero) is 1. The Balaban J connectivity index is 1.68. The Morgan fingerprint density at radius 3 is 1.51 bits per heavy atom. The third-order valence-electron chi connectivity index (χ3n) is 6.27. The largest absolute Gasteiger partial charge is 0.355 e. The zero-order valence-electron chi connectivity index (χ0n) is 19.9. The van der Waals surface area contributed by atoms with Crippen LogP contribution >= 0.6 is 0 Å². The van der Waals surface area contributed by atoms with Crippen LogP contribution in [-0.4, -0.2) is 31.7 Å². The van der Waals surface area contributed by atoms with Gasteiger partial charge in [0.2, 0.25) is 0 Å². The fourth-order valence-electron chi connectivity index (χ4n) is 4.36. The minimum Gasteiger partial charge on any atom is -0.355 e. The second kappa shape index (κ2) is 10.8. The molecule has 176 valence electrons. The van der Waals surface area contributed by atoms with Gasteiger partial charge in [-0.25, -0.2) is 0 Å². The van der Waals surface area contributed by atoms with Gasteiger partial charge in [-0.3, -0.25) is 14.4 Å². The number of amides is 2. The van der Waals surface area contributed by atoms with E-state index < -0.39 is 0 Å². The number of hydrogen-bond donors (Lipinski definition) is 2. The molecule has 1 atom stereocenters. The summed E-state index contributed by atoms with van der Waals surface area (Å²) in [4.78, 5) is 37.2. The van der Waals surface area contributed by atoms with Gasteiger partial charge in [0.05, 0.1) is 0 Å². The highest BCUT2D eigenvalue weighted by atomic mass is 16.2. The van der Waals surface area contributed by atoms with Crippen LogP contribution in [0.2, 0.25) is 0 Å². The summed E-state index contributed by atoms with van der Waals surface area (Å²) in [6, 6.07) is 24.7. The van der Waals surface area contributed by atoms with Crippen LogP contribution in [-0.2, 0) is 4.79 Å². The quantitative estimate of drug-likeness (QED) is 0.521. The molecule has 0 radical (unpaired) electrons. The van der Waals surface area contributed by atoms with E-state index in [0.717, 1.165) is 22.3 Å². The predicted octanol–water partition coefficient (Wildman–Crippen LogP) is 5.02. The maximum absolute atomic E-state index is 13.5. The molecule has 4 rings (SSSR count). The number of rotatable bonds is 5. The first-order chi connectivity index (χ1) is 17.0. The second-order valence-electron chi connectivity index (χ2n) is 8.59. The summed E-state index contributed by atoms with van der Waals surface area (Å²) in [7, 11) is 3.20. The molecule has 0 heterocycles. The molecule has 1 fully saturated rings. The van der Waals surface area contributed by atoms with Crippen LogP contribution in [0, 0.1) is 0 Å². The molecule has 3 aromatic rings. The van der Waals surface area contributed by atoms with Gasteiger partial charge in [0.25, 0.3) is 11.8 Å². The Morgan fingerprint density at radius 1 is 0.686 bits per heavy atom. The van der Waals surface area contributed by atoms with Crippen LogP contribution in [0.15, 0.2) is 90.0 Å². The first-order valence-corrected chi connectivity index (χ1v) is 11.6. The van der Waals surface area contributed by atoms with E-state index in [9.17, 15) is 14.4 Å². The molecule has 0 bridgehead atoms. The van der Waals surface area contributed by atoms with E-state index in [1.165, 1.54) is 5.56 Å². The molecule has 1 aliphatic rings. The first kappa shape index (κ1) is 23.9. The van der Waals surface area contributed by atoms with Crippen molar-refractivity contribution < 1.29 is 14.4 Å². The van der Waals surface area contributed by atoms with Crippen molar-refractivity contribution in [3.63, 3.8) is 0 Å². The van der Waals surface area contributed by atoms with Crippen molar-refractivity contribution in [3.8, 4) is 0 Å². The average Bonchev–Trinajstić information content (AvgIpc) is 2.91. The molecule has 0 aromatic heterocycles. The Labute approximate surface area is 205 Å². The van der Waals surface area contributed by atoms with Gasteiger partial charge in [-0.05, 0) is 71.9 Å². The summed E-state index contributed by atoms with van der Waals surface area (Å²) >= 11 is 0. The summed E-state index contributed by atoms with van der Waals surface area (Å²) in [5.41, 5.74) is 5.59. The molecule has 5 heteroatoms. The van der Waals surface area contributed by atoms with Gasteiger partial charge >= 0.3 is 0 Å². The molecule has 2 amide bonds. The standard InChI is InChI=1S/C30H28N2O3/c1-31-29(34)23-12-8-20(9-13-23)16-26-18-25(22-6-4-3-5-7-22)19-27(28(26)33)17-21-10-14-24(15-11-21)30(35)32-2/h3-17,25H,18-19H2,1-2H3,(H,31,34)(H,32,35)/b26-16-,27-17+. The van der Waals surface area contributed by atoms with Crippen molar-refractivity contribution in [2.24, 2.45) is 0 Å². The van der Waals surface area contributed by atoms with Crippen molar-refractivity contribution in [1.82, 2.24) is 10.6 Å². The van der Waals surface area contributed by atoms with E-state index in [1.807, 2.05) is 54.6 Å². The summed E-state index contributed by atoms with van der Waals surface area (Å²) in [6.07, 6.45) is 5.14. The van der Waals surface area contributed by atoms with E-state index in [0.29, 0.717) is 24.0 Å². The molecule has 1 aliphatic carbocycles. The molecule has 35 heavy (non-hydrogen) atoms. The zero-order chi connectivity index (χ0) is 24.8. The maximum atomic E-state index is 13.5. The van der Waals surface area contributed by atoms with E-state index in [-0.39, 0.29) is 23.5 Å². The number of carbonyl (C=O) groups excluding carboxylic acids is 3. The fraction of sp³-hybridized carbons (Fsp3) is 0.167. The lowest BCUT2D eigenvalue weighted by Gasteiger charge is -2.26. The monoisotopic (exact) mass is 464 g/mol. The lowest BCUT2D eigenvalue weighted by atomic mass is 9.76. The average molecular weight is 465 g/mol. The minimum atomic E-state index is -0.144. The molecular weight excluding hydrogens is 436 g/mol.